The zero-order valence-electron chi connectivity index (χ0n) is 16.0. The van der Waals surface area contributed by atoms with Gasteiger partial charge in [-0.3, -0.25) is 4.40 Å². The van der Waals surface area contributed by atoms with Gasteiger partial charge in [0.2, 0.25) is 0 Å². The van der Waals surface area contributed by atoms with Gasteiger partial charge in [0.05, 0.1) is 24.4 Å². The van der Waals surface area contributed by atoms with Crippen molar-refractivity contribution in [3.63, 3.8) is 0 Å². The molecule has 0 bridgehead atoms. The van der Waals surface area contributed by atoms with Gasteiger partial charge in [-0.2, -0.15) is 5.10 Å². The van der Waals surface area contributed by atoms with Gasteiger partial charge >= 0.3 is 0 Å². The summed E-state index contributed by atoms with van der Waals surface area (Å²) in [5, 5.41) is 13.9. The van der Waals surface area contributed by atoms with Gasteiger partial charge in [0.15, 0.2) is 17.1 Å². The van der Waals surface area contributed by atoms with Crippen LogP contribution in [-0.2, 0) is 6.61 Å². The third-order valence-corrected chi connectivity index (χ3v) is 4.70. The third kappa shape index (κ3) is 3.04. The lowest BCUT2D eigenvalue weighted by Crippen LogP contribution is -2.03. The van der Waals surface area contributed by atoms with E-state index in [0.717, 1.165) is 28.0 Å². The van der Waals surface area contributed by atoms with E-state index >= 15 is 0 Å². The molecule has 0 saturated heterocycles. The molecule has 8 heteroatoms. The first-order valence-corrected chi connectivity index (χ1v) is 9.13. The second-order valence-corrected chi connectivity index (χ2v) is 6.65. The van der Waals surface area contributed by atoms with E-state index in [1.165, 1.54) is 0 Å². The average molecular weight is 386 g/mol. The number of ether oxygens (including phenoxy) is 2. The Kier molecular flexibility index (Phi) is 4.09. The molecule has 3 heterocycles. The normalized spacial score (nSPS) is 11.2. The van der Waals surface area contributed by atoms with Crippen molar-refractivity contribution in [3.05, 3.63) is 72.4 Å². The van der Waals surface area contributed by atoms with Gasteiger partial charge in [-0.25, -0.2) is 9.67 Å². The van der Waals surface area contributed by atoms with E-state index in [9.17, 15) is 0 Å². The van der Waals surface area contributed by atoms with E-state index in [0.29, 0.717) is 17.2 Å². The molecule has 144 valence electrons. The Morgan fingerprint density at radius 3 is 2.69 bits per heavy atom. The van der Waals surface area contributed by atoms with Gasteiger partial charge in [-0.05, 0) is 36.8 Å². The monoisotopic (exact) mass is 386 g/mol. The van der Waals surface area contributed by atoms with Crippen molar-refractivity contribution >= 4 is 16.7 Å². The Balaban J connectivity index is 1.49. The standard InChI is InChI=1S/C21H18N6O2/c1-14-5-3-6-15(9-14)27-20-18(11-23-27)21-25-24-19(26(21)13-22-20)12-29-17-8-4-7-16(10-17)28-2/h3-11,13H,12H2,1-2H3. The van der Waals surface area contributed by atoms with Crippen molar-refractivity contribution in [2.75, 3.05) is 7.11 Å². The van der Waals surface area contributed by atoms with Crippen molar-refractivity contribution in [2.24, 2.45) is 0 Å². The predicted octanol–water partition coefficient (Wildman–Crippen LogP) is 3.36. The molecule has 0 aliphatic carbocycles. The lowest BCUT2D eigenvalue weighted by molar-refractivity contribution is 0.292. The number of methoxy groups -OCH3 is 1. The Hall–Kier alpha value is -3.94. The van der Waals surface area contributed by atoms with Gasteiger partial charge in [0, 0.05) is 6.07 Å². The van der Waals surface area contributed by atoms with Crippen LogP contribution in [0, 0.1) is 6.92 Å². The topological polar surface area (TPSA) is 79.4 Å². The number of hydrogen-bond acceptors (Lipinski definition) is 6. The summed E-state index contributed by atoms with van der Waals surface area (Å²) in [5.41, 5.74) is 3.54. The molecule has 0 spiro atoms. The molecule has 0 aliphatic heterocycles. The van der Waals surface area contributed by atoms with Crippen LogP contribution in [0.2, 0.25) is 0 Å². The Morgan fingerprint density at radius 2 is 1.83 bits per heavy atom. The quantitative estimate of drug-likeness (QED) is 0.461. The Morgan fingerprint density at radius 1 is 0.966 bits per heavy atom. The van der Waals surface area contributed by atoms with Crippen molar-refractivity contribution in [2.45, 2.75) is 13.5 Å². The summed E-state index contributed by atoms with van der Waals surface area (Å²) < 4.78 is 14.7. The summed E-state index contributed by atoms with van der Waals surface area (Å²) in [6.07, 6.45) is 3.47. The maximum Gasteiger partial charge on any atom is 0.176 e. The van der Waals surface area contributed by atoms with Gasteiger partial charge < -0.3 is 9.47 Å². The van der Waals surface area contributed by atoms with E-state index in [1.807, 2.05) is 58.5 Å². The molecule has 0 aliphatic rings. The van der Waals surface area contributed by atoms with Crippen LogP contribution in [0.4, 0.5) is 0 Å². The molecule has 0 unspecified atom stereocenters. The van der Waals surface area contributed by atoms with Crippen LogP contribution in [0.25, 0.3) is 22.4 Å². The number of rotatable bonds is 5. The minimum absolute atomic E-state index is 0.257. The molecule has 0 saturated carbocycles. The van der Waals surface area contributed by atoms with Crippen molar-refractivity contribution < 1.29 is 9.47 Å². The number of nitrogens with zero attached hydrogens (tertiary/aromatic N) is 6. The van der Waals surface area contributed by atoms with Crippen molar-refractivity contribution in [1.29, 1.82) is 0 Å². The summed E-state index contributed by atoms with van der Waals surface area (Å²) in [7, 11) is 1.62. The molecule has 29 heavy (non-hydrogen) atoms. The largest absolute Gasteiger partial charge is 0.497 e. The molecule has 0 N–H and O–H groups in total. The summed E-state index contributed by atoms with van der Waals surface area (Å²) in [5.74, 6) is 2.09. The van der Waals surface area contributed by atoms with E-state index < -0.39 is 0 Å². The number of aryl methyl sites for hydroxylation is 1. The van der Waals surface area contributed by atoms with E-state index in [1.54, 1.807) is 19.6 Å². The first kappa shape index (κ1) is 17.2. The van der Waals surface area contributed by atoms with Crippen molar-refractivity contribution in [1.82, 2.24) is 29.4 Å². The molecule has 2 aromatic carbocycles. The Bertz CT molecular complexity index is 1320. The minimum atomic E-state index is 0.257. The van der Waals surface area contributed by atoms with Crippen LogP contribution in [0.1, 0.15) is 11.4 Å². The van der Waals surface area contributed by atoms with Gasteiger partial charge in [0.25, 0.3) is 0 Å². The maximum absolute atomic E-state index is 5.85. The second-order valence-electron chi connectivity index (χ2n) is 6.65. The van der Waals surface area contributed by atoms with Gasteiger partial charge in [-0.1, -0.05) is 18.2 Å². The predicted molar refractivity (Wildman–Crippen MR) is 107 cm³/mol. The molecule has 3 aromatic heterocycles. The fourth-order valence-corrected chi connectivity index (χ4v) is 3.25. The highest BCUT2D eigenvalue weighted by Gasteiger charge is 2.15. The molecule has 8 nitrogen and oxygen atoms in total. The SMILES string of the molecule is COc1cccc(OCc2nnc3c4cnn(-c5cccc(C)c5)c4ncn23)c1. The first-order valence-electron chi connectivity index (χ1n) is 9.13. The number of benzene rings is 2. The van der Waals surface area contributed by atoms with E-state index in [-0.39, 0.29) is 6.61 Å². The van der Waals surface area contributed by atoms with Gasteiger partial charge in [0.1, 0.15) is 24.4 Å². The number of fused-ring (bicyclic) bond motifs is 3. The molecular formula is C21H18N6O2. The van der Waals surface area contributed by atoms with Crippen LogP contribution in [-0.4, -0.2) is 36.5 Å². The van der Waals surface area contributed by atoms with Crippen LogP contribution >= 0.6 is 0 Å². The average Bonchev–Trinajstić information content (AvgIpc) is 3.36. The van der Waals surface area contributed by atoms with E-state index in [4.69, 9.17) is 9.47 Å². The fraction of sp³-hybridized carbons (Fsp3) is 0.143. The lowest BCUT2D eigenvalue weighted by atomic mass is 10.2. The molecule has 0 atom stereocenters. The Labute approximate surface area is 166 Å². The first-order chi connectivity index (χ1) is 14.2. The zero-order chi connectivity index (χ0) is 19.8. The molecule has 0 amide bonds. The highest BCUT2D eigenvalue weighted by atomic mass is 16.5. The minimum Gasteiger partial charge on any atom is -0.497 e. The number of aromatic nitrogens is 6. The smallest absolute Gasteiger partial charge is 0.176 e. The van der Waals surface area contributed by atoms with Gasteiger partial charge in [-0.15, -0.1) is 10.2 Å². The van der Waals surface area contributed by atoms with Crippen LogP contribution < -0.4 is 9.47 Å². The highest BCUT2D eigenvalue weighted by molar-refractivity contribution is 5.89. The fourth-order valence-electron chi connectivity index (χ4n) is 3.25. The highest BCUT2D eigenvalue weighted by Crippen LogP contribution is 2.22. The lowest BCUT2D eigenvalue weighted by Gasteiger charge is -2.07. The van der Waals surface area contributed by atoms with E-state index in [2.05, 4.69) is 26.3 Å². The van der Waals surface area contributed by atoms with Crippen molar-refractivity contribution in [3.8, 4) is 17.2 Å². The second kappa shape index (κ2) is 6.90. The molecule has 5 aromatic rings. The summed E-state index contributed by atoms with van der Waals surface area (Å²) in [6, 6.07) is 15.6. The zero-order valence-corrected chi connectivity index (χ0v) is 16.0. The maximum atomic E-state index is 5.85. The molecule has 5 rings (SSSR count). The number of hydrogen-bond donors (Lipinski definition) is 0. The molecule has 0 radical (unpaired) electrons. The third-order valence-electron chi connectivity index (χ3n) is 4.70. The summed E-state index contributed by atoms with van der Waals surface area (Å²) in [4.78, 5) is 4.60. The van der Waals surface area contributed by atoms with Crippen LogP contribution in [0.15, 0.2) is 61.1 Å². The molecular weight excluding hydrogens is 368 g/mol. The summed E-state index contributed by atoms with van der Waals surface area (Å²) in [6.45, 7) is 2.31. The summed E-state index contributed by atoms with van der Waals surface area (Å²) >= 11 is 0. The molecule has 0 fully saturated rings. The van der Waals surface area contributed by atoms with Crippen LogP contribution in [0.3, 0.4) is 0 Å². The van der Waals surface area contributed by atoms with Crippen LogP contribution in [0.5, 0.6) is 11.5 Å².